The Morgan fingerprint density at radius 2 is 1.77 bits per heavy atom. The minimum absolute atomic E-state index is 0.0468. The molecule has 0 unspecified atom stereocenters. The quantitative estimate of drug-likeness (QED) is 0.757. The zero-order valence-corrected chi connectivity index (χ0v) is 12.9. The summed E-state index contributed by atoms with van der Waals surface area (Å²) in [5, 5.41) is 9.77. The lowest BCUT2D eigenvalue weighted by molar-refractivity contribution is -0.276. The van der Waals surface area contributed by atoms with E-state index in [9.17, 15) is 22.7 Å². The molecule has 0 saturated heterocycles. The number of hydrogen-bond acceptors (Lipinski definition) is 2. The number of alkyl halides is 3. The van der Waals surface area contributed by atoms with Crippen LogP contribution >= 0.6 is 0 Å². The fourth-order valence-corrected chi connectivity index (χ4v) is 2.47. The minimum atomic E-state index is -4.98. The second-order valence-corrected chi connectivity index (χ2v) is 5.89. The molecule has 1 aromatic rings. The van der Waals surface area contributed by atoms with Crippen LogP contribution in [0, 0.1) is 5.82 Å². The second-order valence-electron chi connectivity index (χ2n) is 5.89. The summed E-state index contributed by atoms with van der Waals surface area (Å²) in [4.78, 5) is 0. The van der Waals surface area contributed by atoms with Crippen molar-refractivity contribution in [3.63, 3.8) is 0 Å². The summed E-state index contributed by atoms with van der Waals surface area (Å²) in [6.07, 6.45) is -1.95. The van der Waals surface area contributed by atoms with Crippen molar-refractivity contribution in [3.05, 3.63) is 23.0 Å². The van der Waals surface area contributed by atoms with Crippen molar-refractivity contribution in [2.75, 3.05) is 0 Å². The lowest BCUT2D eigenvalue weighted by atomic mass is 9.93. The minimum Gasteiger partial charge on any atom is -0.505 e. The van der Waals surface area contributed by atoms with Gasteiger partial charge >= 0.3 is 6.36 Å². The highest BCUT2D eigenvalue weighted by Gasteiger charge is 2.46. The average molecular weight is 320 g/mol. The molecule has 22 heavy (non-hydrogen) atoms. The Morgan fingerprint density at radius 3 is 2.18 bits per heavy atom. The number of ether oxygens (including phenoxy) is 1. The molecule has 2 aliphatic carbocycles. The van der Waals surface area contributed by atoms with E-state index in [0.717, 1.165) is 12.8 Å². The molecule has 6 heteroatoms. The summed E-state index contributed by atoms with van der Waals surface area (Å²) >= 11 is 0. The highest BCUT2D eigenvalue weighted by molar-refractivity contribution is 5.54. The lowest BCUT2D eigenvalue weighted by Gasteiger charge is -2.20. The maximum Gasteiger partial charge on any atom is 0.573 e. The van der Waals surface area contributed by atoms with Gasteiger partial charge in [-0.15, -0.1) is 13.2 Å². The van der Waals surface area contributed by atoms with Crippen LogP contribution in [0.1, 0.15) is 63.5 Å². The van der Waals surface area contributed by atoms with Crippen LogP contribution in [0.5, 0.6) is 11.5 Å². The molecule has 0 radical (unpaired) electrons. The van der Waals surface area contributed by atoms with E-state index < -0.39 is 29.1 Å². The first-order chi connectivity index (χ1) is 10.2. The Morgan fingerprint density at radius 1 is 1.23 bits per heavy atom. The molecule has 3 rings (SSSR count). The molecule has 2 nitrogen and oxygen atoms in total. The van der Waals surface area contributed by atoms with Crippen molar-refractivity contribution in [3.8, 4) is 11.5 Å². The summed E-state index contributed by atoms with van der Waals surface area (Å²) in [6, 6.07) is 1.49. The van der Waals surface area contributed by atoms with Crippen LogP contribution in [0.25, 0.3) is 0 Å². The number of hydrogen-bond donors (Lipinski definition) is 1. The van der Waals surface area contributed by atoms with Crippen LogP contribution in [0.4, 0.5) is 17.6 Å². The molecule has 0 amide bonds. The highest BCUT2D eigenvalue weighted by atomic mass is 19.4. The van der Waals surface area contributed by atoms with Crippen molar-refractivity contribution < 1.29 is 27.4 Å². The van der Waals surface area contributed by atoms with Gasteiger partial charge in [0.25, 0.3) is 0 Å². The van der Waals surface area contributed by atoms with Crippen molar-refractivity contribution in [1.29, 1.82) is 0 Å². The van der Waals surface area contributed by atoms with Crippen LogP contribution in [0.3, 0.4) is 0 Å². The van der Waals surface area contributed by atoms with Gasteiger partial charge in [0, 0.05) is 11.1 Å². The zero-order valence-electron chi connectivity index (χ0n) is 12.9. The van der Waals surface area contributed by atoms with E-state index in [4.69, 9.17) is 0 Å². The molecule has 2 fully saturated rings. The summed E-state index contributed by atoms with van der Waals surface area (Å²) in [5.41, 5.74) is 0.130. The Balaban J connectivity index is 0.000000847. The molecular weight excluding hydrogens is 300 g/mol. The molecule has 2 aliphatic rings. The number of phenolic OH excluding ortho intramolecular Hbond substituents is 1. The van der Waals surface area contributed by atoms with E-state index in [1.165, 1.54) is 6.07 Å². The van der Waals surface area contributed by atoms with E-state index in [-0.39, 0.29) is 11.5 Å². The largest absolute Gasteiger partial charge is 0.573 e. The van der Waals surface area contributed by atoms with Gasteiger partial charge in [-0.3, -0.25) is 0 Å². The maximum atomic E-state index is 14.1. The van der Waals surface area contributed by atoms with Crippen LogP contribution in [-0.4, -0.2) is 11.5 Å². The normalized spacial score (nSPS) is 19.2. The number of halogens is 4. The summed E-state index contributed by atoms with van der Waals surface area (Å²) < 4.78 is 55.3. The van der Waals surface area contributed by atoms with Crippen molar-refractivity contribution >= 4 is 0 Å². The van der Waals surface area contributed by atoms with Crippen LogP contribution in [0.15, 0.2) is 6.07 Å². The smallest absolute Gasteiger partial charge is 0.505 e. The molecule has 2 saturated carbocycles. The van der Waals surface area contributed by atoms with Gasteiger partial charge in [-0.1, -0.05) is 20.8 Å². The third kappa shape index (κ3) is 3.31. The predicted molar refractivity (Wildman–Crippen MR) is 74.7 cm³/mol. The van der Waals surface area contributed by atoms with E-state index in [0.29, 0.717) is 18.4 Å². The topological polar surface area (TPSA) is 29.5 Å². The summed E-state index contributed by atoms with van der Waals surface area (Å²) in [6.45, 7) is 5.78. The monoisotopic (exact) mass is 320 g/mol. The molecule has 0 heterocycles. The van der Waals surface area contributed by atoms with E-state index >= 15 is 0 Å². The van der Waals surface area contributed by atoms with Crippen molar-refractivity contribution in [1.82, 2.24) is 0 Å². The fourth-order valence-electron chi connectivity index (χ4n) is 2.47. The third-order valence-electron chi connectivity index (χ3n) is 4.11. The SMILES string of the molecule is CC.CC1(c2cc(C3CC3)c(O)c(F)c2OC(F)(F)F)CC1. The standard InChI is InChI=1S/C14H14F4O2.C2H6/c1-13(4-5-13)9-6-8(7-2-3-7)11(19)10(15)12(9)20-14(16,17)18;1-2/h6-7,19H,2-5H2,1H3;1-2H3. The molecule has 124 valence electrons. The number of aromatic hydroxyl groups is 1. The molecular formula is C16H20F4O2. The highest BCUT2D eigenvalue weighted by Crippen LogP contribution is 2.56. The molecule has 0 aliphatic heterocycles. The maximum absolute atomic E-state index is 14.1. The molecule has 0 spiro atoms. The van der Waals surface area contributed by atoms with Gasteiger partial charge in [0.1, 0.15) is 0 Å². The summed E-state index contributed by atoms with van der Waals surface area (Å²) in [7, 11) is 0. The first kappa shape index (κ1) is 16.9. The molecule has 0 aromatic heterocycles. The van der Waals surface area contributed by atoms with Gasteiger partial charge in [-0.05, 0) is 43.1 Å². The van der Waals surface area contributed by atoms with Gasteiger partial charge < -0.3 is 9.84 Å². The predicted octanol–water partition coefficient (Wildman–Crippen LogP) is 5.39. The molecule has 1 aromatic carbocycles. The number of phenols is 1. The fraction of sp³-hybridized carbons (Fsp3) is 0.625. The lowest BCUT2D eigenvalue weighted by Crippen LogP contribution is -2.20. The van der Waals surface area contributed by atoms with Crippen LogP contribution < -0.4 is 4.74 Å². The van der Waals surface area contributed by atoms with Gasteiger partial charge in [0.2, 0.25) is 5.82 Å². The Hall–Kier alpha value is -1.46. The first-order valence-electron chi connectivity index (χ1n) is 7.53. The number of rotatable bonds is 3. The van der Waals surface area contributed by atoms with Crippen LogP contribution in [-0.2, 0) is 5.41 Å². The van der Waals surface area contributed by atoms with Gasteiger partial charge in [-0.2, -0.15) is 4.39 Å². The van der Waals surface area contributed by atoms with Gasteiger partial charge in [-0.25, -0.2) is 0 Å². The molecule has 0 atom stereocenters. The molecule has 0 bridgehead atoms. The zero-order chi connectivity index (χ0) is 16.7. The van der Waals surface area contributed by atoms with Gasteiger partial charge in [0.05, 0.1) is 0 Å². The van der Waals surface area contributed by atoms with Gasteiger partial charge in [0.15, 0.2) is 11.5 Å². The summed E-state index contributed by atoms with van der Waals surface area (Å²) in [5.74, 6) is -2.83. The second kappa shape index (κ2) is 5.63. The Bertz CT molecular complexity index is 558. The first-order valence-corrected chi connectivity index (χ1v) is 7.53. The van der Waals surface area contributed by atoms with E-state index in [1.807, 2.05) is 13.8 Å². The van der Waals surface area contributed by atoms with E-state index in [2.05, 4.69) is 4.74 Å². The third-order valence-corrected chi connectivity index (χ3v) is 4.11. The Labute approximate surface area is 127 Å². The number of benzene rings is 1. The average Bonchev–Trinajstić information content (AvgIpc) is 3.33. The van der Waals surface area contributed by atoms with Crippen LogP contribution in [0.2, 0.25) is 0 Å². The van der Waals surface area contributed by atoms with E-state index in [1.54, 1.807) is 6.92 Å². The van der Waals surface area contributed by atoms with Crippen molar-refractivity contribution in [2.24, 2.45) is 0 Å². The molecule has 1 N–H and O–H groups in total. The van der Waals surface area contributed by atoms with Crippen molar-refractivity contribution in [2.45, 2.75) is 64.1 Å². The Kier molecular flexibility index (Phi) is 4.33.